The van der Waals surface area contributed by atoms with Crippen LogP contribution >= 0.6 is 0 Å². The Bertz CT molecular complexity index is 690. The van der Waals surface area contributed by atoms with Gasteiger partial charge in [0.25, 0.3) is 0 Å². The van der Waals surface area contributed by atoms with Crippen LogP contribution < -0.4 is 9.80 Å². The predicted octanol–water partition coefficient (Wildman–Crippen LogP) is -0.837. The lowest BCUT2D eigenvalue weighted by atomic mass is 10.2. The van der Waals surface area contributed by atoms with Gasteiger partial charge in [-0.2, -0.15) is 10.1 Å². The van der Waals surface area contributed by atoms with Crippen molar-refractivity contribution < 1.29 is 13.2 Å². The second kappa shape index (κ2) is 6.88. The predicted molar refractivity (Wildman–Crippen MR) is 89.8 cm³/mol. The van der Waals surface area contributed by atoms with E-state index in [0.717, 1.165) is 6.41 Å². The molecule has 3 rings (SSSR count). The van der Waals surface area contributed by atoms with Gasteiger partial charge in [-0.05, 0) is 13.3 Å². The molecule has 2 fully saturated rings. The molecule has 0 aromatic carbocycles. The Labute approximate surface area is 141 Å². The monoisotopic (exact) mass is 354 g/mol. The molecule has 2 aliphatic heterocycles. The van der Waals surface area contributed by atoms with E-state index in [1.807, 2.05) is 11.8 Å². The Morgan fingerprint density at radius 3 is 2.67 bits per heavy atom. The van der Waals surface area contributed by atoms with Crippen molar-refractivity contribution in [2.75, 3.05) is 54.0 Å². The fourth-order valence-electron chi connectivity index (χ4n) is 3.20. The van der Waals surface area contributed by atoms with Gasteiger partial charge in [0.1, 0.15) is 0 Å². The third kappa shape index (κ3) is 3.58. The van der Waals surface area contributed by atoms with Crippen LogP contribution in [-0.2, 0) is 14.6 Å². The molecular formula is C14H22N6O3S. The SMILES string of the molecule is CCN(c1nncc(N2CCN(C=O)CC2)n1)C1CCS(=O)(=O)C1. The van der Waals surface area contributed by atoms with Gasteiger partial charge in [0.2, 0.25) is 12.4 Å². The Balaban J connectivity index is 1.75. The molecule has 0 radical (unpaired) electrons. The highest BCUT2D eigenvalue weighted by atomic mass is 32.2. The van der Waals surface area contributed by atoms with Gasteiger partial charge in [-0.15, -0.1) is 5.10 Å². The molecule has 132 valence electrons. The molecule has 1 aromatic rings. The van der Waals surface area contributed by atoms with E-state index in [-0.39, 0.29) is 17.5 Å². The highest BCUT2D eigenvalue weighted by molar-refractivity contribution is 7.91. The van der Waals surface area contributed by atoms with E-state index in [1.165, 1.54) is 0 Å². The van der Waals surface area contributed by atoms with Gasteiger partial charge < -0.3 is 14.7 Å². The molecule has 0 spiro atoms. The summed E-state index contributed by atoms with van der Waals surface area (Å²) in [6.45, 7) is 5.29. The summed E-state index contributed by atoms with van der Waals surface area (Å²) in [5.41, 5.74) is 0. The van der Waals surface area contributed by atoms with E-state index in [2.05, 4.69) is 20.1 Å². The normalized spacial score (nSPS) is 23.3. The van der Waals surface area contributed by atoms with Crippen LogP contribution in [0.25, 0.3) is 0 Å². The zero-order valence-corrected chi connectivity index (χ0v) is 14.5. The smallest absolute Gasteiger partial charge is 0.247 e. The van der Waals surface area contributed by atoms with Crippen LogP contribution in [0.15, 0.2) is 6.20 Å². The van der Waals surface area contributed by atoms with Gasteiger partial charge in [0, 0.05) is 38.8 Å². The Morgan fingerprint density at radius 1 is 1.33 bits per heavy atom. The molecule has 10 heteroatoms. The number of nitrogens with zero attached hydrogens (tertiary/aromatic N) is 6. The first-order valence-corrected chi connectivity index (χ1v) is 9.95. The number of amides is 1. The van der Waals surface area contributed by atoms with Gasteiger partial charge in [-0.25, -0.2) is 8.42 Å². The Kier molecular flexibility index (Phi) is 4.83. The summed E-state index contributed by atoms with van der Waals surface area (Å²) in [5, 5.41) is 8.15. The largest absolute Gasteiger partial charge is 0.352 e. The molecule has 3 heterocycles. The molecule has 1 unspecified atom stereocenters. The van der Waals surface area contributed by atoms with Crippen LogP contribution in [0, 0.1) is 0 Å². The van der Waals surface area contributed by atoms with Crippen LogP contribution in [0.5, 0.6) is 0 Å². The molecule has 2 saturated heterocycles. The summed E-state index contributed by atoms with van der Waals surface area (Å²) in [6, 6.07) is -0.0936. The van der Waals surface area contributed by atoms with Crippen LogP contribution in [0.4, 0.5) is 11.8 Å². The molecule has 0 saturated carbocycles. The summed E-state index contributed by atoms with van der Waals surface area (Å²) in [7, 11) is -2.96. The van der Waals surface area contributed by atoms with Gasteiger partial charge in [-0.3, -0.25) is 4.79 Å². The van der Waals surface area contributed by atoms with Crippen molar-refractivity contribution in [3.8, 4) is 0 Å². The average molecular weight is 354 g/mol. The molecular weight excluding hydrogens is 332 g/mol. The fraction of sp³-hybridized carbons (Fsp3) is 0.714. The van der Waals surface area contributed by atoms with Crippen molar-refractivity contribution in [2.24, 2.45) is 0 Å². The first-order valence-electron chi connectivity index (χ1n) is 8.13. The first kappa shape index (κ1) is 16.9. The van der Waals surface area contributed by atoms with Crippen molar-refractivity contribution in [1.82, 2.24) is 20.1 Å². The van der Waals surface area contributed by atoms with E-state index in [4.69, 9.17) is 0 Å². The maximum atomic E-state index is 11.7. The minimum absolute atomic E-state index is 0.0936. The molecule has 2 aliphatic rings. The van der Waals surface area contributed by atoms with Crippen molar-refractivity contribution >= 4 is 28.0 Å². The standard InChI is InChI=1S/C14H22N6O3S/c1-2-20(12-3-8-24(22,23)10-12)14-16-13(9-15-17-14)19-6-4-18(11-21)5-7-19/h9,11-12H,2-8,10H2,1H3. The number of sulfone groups is 1. The average Bonchev–Trinajstić information content (AvgIpc) is 2.95. The van der Waals surface area contributed by atoms with E-state index in [1.54, 1.807) is 11.1 Å². The number of anilines is 2. The minimum Gasteiger partial charge on any atom is -0.352 e. The minimum atomic E-state index is -2.96. The first-order chi connectivity index (χ1) is 11.5. The van der Waals surface area contributed by atoms with Gasteiger partial charge >= 0.3 is 0 Å². The second-order valence-electron chi connectivity index (χ2n) is 6.09. The highest BCUT2D eigenvalue weighted by Crippen LogP contribution is 2.22. The van der Waals surface area contributed by atoms with Crippen molar-refractivity contribution in [1.29, 1.82) is 0 Å². The van der Waals surface area contributed by atoms with E-state index >= 15 is 0 Å². The van der Waals surface area contributed by atoms with E-state index in [0.29, 0.717) is 50.9 Å². The summed E-state index contributed by atoms with van der Waals surface area (Å²) >= 11 is 0. The summed E-state index contributed by atoms with van der Waals surface area (Å²) in [4.78, 5) is 21.1. The number of piperazine rings is 1. The van der Waals surface area contributed by atoms with Gasteiger partial charge in [-0.1, -0.05) is 0 Å². The van der Waals surface area contributed by atoms with Crippen LogP contribution in [-0.4, -0.2) is 85.2 Å². The third-order valence-electron chi connectivity index (χ3n) is 4.57. The number of aromatic nitrogens is 3. The molecule has 0 bridgehead atoms. The number of hydrogen-bond donors (Lipinski definition) is 0. The zero-order valence-electron chi connectivity index (χ0n) is 13.7. The van der Waals surface area contributed by atoms with Crippen molar-refractivity contribution in [2.45, 2.75) is 19.4 Å². The molecule has 24 heavy (non-hydrogen) atoms. The van der Waals surface area contributed by atoms with E-state index in [9.17, 15) is 13.2 Å². The molecule has 1 atom stereocenters. The molecule has 0 N–H and O–H groups in total. The second-order valence-corrected chi connectivity index (χ2v) is 8.31. The maximum Gasteiger partial charge on any atom is 0.247 e. The molecule has 1 amide bonds. The number of hydrogen-bond acceptors (Lipinski definition) is 8. The lowest BCUT2D eigenvalue weighted by Gasteiger charge is -2.33. The highest BCUT2D eigenvalue weighted by Gasteiger charge is 2.33. The maximum absolute atomic E-state index is 11.7. The fourth-order valence-corrected chi connectivity index (χ4v) is 4.93. The van der Waals surface area contributed by atoms with Crippen LogP contribution in [0.2, 0.25) is 0 Å². The number of carbonyl (C=O) groups is 1. The van der Waals surface area contributed by atoms with E-state index < -0.39 is 9.84 Å². The molecule has 9 nitrogen and oxygen atoms in total. The lowest BCUT2D eigenvalue weighted by molar-refractivity contribution is -0.118. The van der Waals surface area contributed by atoms with Crippen molar-refractivity contribution in [3.05, 3.63) is 6.20 Å². The van der Waals surface area contributed by atoms with Crippen molar-refractivity contribution in [3.63, 3.8) is 0 Å². The van der Waals surface area contributed by atoms with Crippen LogP contribution in [0.3, 0.4) is 0 Å². The number of rotatable bonds is 5. The third-order valence-corrected chi connectivity index (χ3v) is 6.32. The zero-order chi connectivity index (χ0) is 17.2. The summed E-state index contributed by atoms with van der Waals surface area (Å²) in [5.74, 6) is 1.54. The van der Waals surface area contributed by atoms with Gasteiger partial charge in [0.05, 0.1) is 17.7 Å². The lowest BCUT2D eigenvalue weighted by Crippen LogP contribution is -2.46. The summed E-state index contributed by atoms with van der Waals surface area (Å²) < 4.78 is 23.5. The van der Waals surface area contributed by atoms with Gasteiger partial charge in [0.15, 0.2) is 15.7 Å². The Morgan fingerprint density at radius 2 is 2.08 bits per heavy atom. The molecule has 0 aliphatic carbocycles. The Hall–Kier alpha value is -1.97. The number of carbonyl (C=O) groups excluding carboxylic acids is 1. The quantitative estimate of drug-likeness (QED) is 0.631. The van der Waals surface area contributed by atoms with Crippen LogP contribution in [0.1, 0.15) is 13.3 Å². The summed E-state index contributed by atoms with van der Waals surface area (Å²) in [6.07, 6.45) is 3.07. The topological polar surface area (TPSA) is 99.6 Å². The molecule has 1 aromatic heterocycles.